The molecule has 2 atom stereocenters. The first-order chi connectivity index (χ1) is 20.0. The highest BCUT2D eigenvalue weighted by Crippen LogP contribution is 2.30. The van der Waals surface area contributed by atoms with Gasteiger partial charge >= 0.3 is 6.09 Å². The van der Waals surface area contributed by atoms with Crippen molar-refractivity contribution in [1.29, 1.82) is 0 Å². The average Bonchev–Trinajstić information content (AvgIpc) is 3.55. The summed E-state index contributed by atoms with van der Waals surface area (Å²) in [6.07, 6.45) is -0.742. The Hall–Kier alpha value is -2.75. The van der Waals surface area contributed by atoms with Crippen LogP contribution in [0.5, 0.6) is 0 Å². The van der Waals surface area contributed by atoms with Crippen molar-refractivity contribution in [1.82, 2.24) is 4.90 Å². The van der Waals surface area contributed by atoms with Crippen LogP contribution in [0.1, 0.15) is 35.9 Å². The maximum Gasteiger partial charge on any atom is 0.414 e. The van der Waals surface area contributed by atoms with Gasteiger partial charge < -0.3 is 20.1 Å². The van der Waals surface area contributed by atoms with Crippen molar-refractivity contribution in [2.75, 3.05) is 48.4 Å². The number of carbonyl (C=O) groups excluding carboxylic acids is 5. The lowest BCUT2D eigenvalue weighted by atomic mass is 10.2. The molecule has 0 bridgehead atoms. The number of nitrogens with zero attached hydrogens (tertiary/aromatic N) is 3. The number of cyclic esters (lactones) is 1. The van der Waals surface area contributed by atoms with Crippen LogP contribution < -0.4 is 15.5 Å². The van der Waals surface area contributed by atoms with Crippen LogP contribution in [-0.2, 0) is 23.9 Å². The predicted molar refractivity (Wildman–Crippen MR) is 165 cm³/mol. The number of nitrogens with two attached hydrogens (primary N) is 1. The first-order valence-electron chi connectivity index (χ1n) is 13.2. The molecule has 4 amide bonds. The summed E-state index contributed by atoms with van der Waals surface area (Å²) in [6.45, 7) is 1.77. The second-order valence-electron chi connectivity index (χ2n) is 9.68. The second-order valence-corrected chi connectivity index (χ2v) is 12.5. The van der Waals surface area contributed by atoms with Crippen molar-refractivity contribution < 1.29 is 37.8 Å². The molecule has 0 aliphatic carbocycles. The molecule has 0 saturated carbocycles. The number of morpholine rings is 1. The molecule has 3 heterocycles. The summed E-state index contributed by atoms with van der Waals surface area (Å²) in [6, 6.07) is 6.56. The Morgan fingerprint density at radius 3 is 2.63 bits per heavy atom. The maximum atomic E-state index is 15.1. The normalized spacial score (nSPS) is 17.3. The van der Waals surface area contributed by atoms with Gasteiger partial charge in [0.15, 0.2) is 0 Å². The van der Waals surface area contributed by atoms with Gasteiger partial charge in [0.05, 0.1) is 40.6 Å². The molecule has 0 unspecified atom stereocenters. The van der Waals surface area contributed by atoms with E-state index in [9.17, 15) is 24.0 Å². The minimum absolute atomic E-state index is 0. The summed E-state index contributed by atoms with van der Waals surface area (Å²) in [5, 5.41) is -0.138. The van der Waals surface area contributed by atoms with Crippen molar-refractivity contribution in [2.24, 2.45) is 5.73 Å². The van der Waals surface area contributed by atoms with E-state index in [0.717, 1.165) is 32.9 Å². The summed E-state index contributed by atoms with van der Waals surface area (Å²) in [4.78, 5) is 66.8. The number of hydrogen-bond donors (Lipinski definition) is 1. The number of benzene rings is 1. The lowest BCUT2D eigenvalue weighted by Crippen LogP contribution is -2.43. The van der Waals surface area contributed by atoms with Crippen molar-refractivity contribution in [3.8, 4) is 0 Å². The van der Waals surface area contributed by atoms with Crippen molar-refractivity contribution >= 4 is 87.4 Å². The minimum Gasteiger partial charge on any atom is -0.442 e. The monoisotopic (exact) mass is 676 g/mol. The Balaban J connectivity index is 0.00000506. The zero-order valence-corrected chi connectivity index (χ0v) is 26.4. The molecule has 0 spiro atoms. The Kier molecular flexibility index (Phi) is 12.8. The lowest BCUT2D eigenvalue weighted by molar-refractivity contribution is -0.129. The zero-order chi connectivity index (χ0) is 30.4. The average molecular weight is 678 g/mol. The van der Waals surface area contributed by atoms with Gasteiger partial charge in [-0.1, -0.05) is 23.4 Å². The lowest BCUT2D eigenvalue weighted by Gasteiger charge is -2.27. The van der Waals surface area contributed by atoms with E-state index in [0.29, 0.717) is 35.2 Å². The molecule has 1 aromatic heterocycles. The van der Waals surface area contributed by atoms with Crippen LogP contribution in [0, 0.1) is 5.82 Å². The second kappa shape index (κ2) is 15.8. The molecule has 2 fully saturated rings. The van der Waals surface area contributed by atoms with Gasteiger partial charge in [-0.2, -0.15) is 0 Å². The number of ether oxygens (including phenoxy) is 2. The first kappa shape index (κ1) is 34.7. The molecule has 2 N–H and O–H groups in total. The molecule has 43 heavy (non-hydrogen) atoms. The number of halogens is 3. The summed E-state index contributed by atoms with van der Waals surface area (Å²) in [7, 11) is 0. The zero-order valence-electron chi connectivity index (χ0n) is 23.2. The highest BCUT2D eigenvalue weighted by Gasteiger charge is 2.38. The fraction of sp³-hybridized carbons (Fsp3) is 0.444. The van der Waals surface area contributed by atoms with E-state index in [1.165, 1.54) is 29.2 Å². The quantitative estimate of drug-likeness (QED) is 0.349. The number of unbranched alkanes of at least 4 members (excludes halogenated alkanes) is 1. The number of thioether (sulfide) groups is 1. The third-order valence-corrected chi connectivity index (χ3v) is 8.88. The van der Waals surface area contributed by atoms with Crippen LogP contribution >= 0.6 is 47.1 Å². The standard InChI is InChI=1S/C27H30ClFN4O7S2.ClH/c1-16(30)26(37)41-11-3-2-4-23(34)33(25(36)21-7-8-22(28)42-21)14-18-13-32(27(38)40-18)20-6-5-17(12-19(20)29)31-9-10-39-15-24(31)35;/h5-8,12,16,18H,2-4,9-11,13-15,30H2,1H3;1H/t16-,18+;/m0./s1. The van der Waals surface area contributed by atoms with E-state index in [1.54, 1.807) is 13.0 Å². The molecule has 0 radical (unpaired) electrons. The Morgan fingerprint density at radius 2 is 1.98 bits per heavy atom. The van der Waals surface area contributed by atoms with Gasteiger partial charge in [-0.05, 0) is 50.1 Å². The van der Waals surface area contributed by atoms with Crippen LogP contribution in [0.25, 0.3) is 0 Å². The number of thiophene rings is 1. The van der Waals surface area contributed by atoms with E-state index in [1.807, 2.05) is 0 Å². The summed E-state index contributed by atoms with van der Waals surface area (Å²) in [5.41, 5.74) is 5.84. The molecule has 16 heteroatoms. The molecule has 2 aliphatic rings. The number of carbonyl (C=O) groups is 5. The van der Waals surface area contributed by atoms with E-state index in [4.69, 9.17) is 26.8 Å². The van der Waals surface area contributed by atoms with E-state index in [-0.39, 0.29) is 66.7 Å². The highest BCUT2D eigenvalue weighted by molar-refractivity contribution is 8.13. The van der Waals surface area contributed by atoms with Crippen molar-refractivity contribution in [3.05, 3.63) is 45.4 Å². The third kappa shape index (κ3) is 8.89. The number of hydrogen-bond acceptors (Lipinski definition) is 10. The molecule has 2 aromatic rings. The Labute approximate surface area is 267 Å². The molecule has 2 aliphatic heterocycles. The topological polar surface area (TPSA) is 140 Å². The Morgan fingerprint density at radius 1 is 1.21 bits per heavy atom. The summed E-state index contributed by atoms with van der Waals surface area (Å²) in [5.74, 6) is -1.61. The SMILES string of the molecule is C[C@H](N)C(=O)SCCCCC(=O)N(C[C@H]1CN(c2ccc(N3CCOCC3=O)cc2F)C(=O)O1)C(=O)c1ccc(Cl)s1.Cl. The highest BCUT2D eigenvalue weighted by atomic mass is 35.5. The van der Waals surface area contributed by atoms with Gasteiger partial charge in [-0.15, -0.1) is 23.7 Å². The number of amides is 4. The molecule has 11 nitrogen and oxygen atoms in total. The van der Waals surface area contributed by atoms with Crippen LogP contribution in [0.4, 0.5) is 20.6 Å². The van der Waals surface area contributed by atoms with Gasteiger partial charge in [0.25, 0.3) is 11.8 Å². The maximum absolute atomic E-state index is 15.1. The van der Waals surface area contributed by atoms with Gasteiger partial charge in [-0.25, -0.2) is 9.18 Å². The fourth-order valence-corrected chi connectivity index (χ4v) is 6.17. The molecule has 1 aromatic carbocycles. The first-order valence-corrected chi connectivity index (χ1v) is 15.4. The summed E-state index contributed by atoms with van der Waals surface area (Å²) >= 11 is 8.11. The molecule has 234 valence electrons. The van der Waals surface area contributed by atoms with Gasteiger partial charge in [0.2, 0.25) is 11.0 Å². The number of anilines is 2. The van der Waals surface area contributed by atoms with Gasteiger partial charge in [-0.3, -0.25) is 29.0 Å². The van der Waals surface area contributed by atoms with E-state index >= 15 is 4.39 Å². The number of rotatable bonds is 11. The van der Waals surface area contributed by atoms with Crippen LogP contribution in [0.3, 0.4) is 0 Å². The van der Waals surface area contributed by atoms with Gasteiger partial charge in [0.1, 0.15) is 18.5 Å². The largest absolute Gasteiger partial charge is 0.442 e. The van der Waals surface area contributed by atoms with Crippen LogP contribution in [0.15, 0.2) is 30.3 Å². The fourth-order valence-electron chi connectivity index (χ4n) is 4.37. The Bertz CT molecular complexity index is 1360. The van der Waals surface area contributed by atoms with Crippen LogP contribution in [0.2, 0.25) is 4.34 Å². The van der Waals surface area contributed by atoms with Crippen LogP contribution in [-0.4, -0.2) is 84.6 Å². The molecular formula is C27H31Cl2FN4O7S2. The van der Waals surface area contributed by atoms with Crippen molar-refractivity contribution in [2.45, 2.75) is 38.3 Å². The van der Waals surface area contributed by atoms with Gasteiger partial charge in [0, 0.05) is 24.4 Å². The van der Waals surface area contributed by atoms with Crippen molar-refractivity contribution in [3.63, 3.8) is 0 Å². The smallest absolute Gasteiger partial charge is 0.414 e. The van der Waals surface area contributed by atoms with E-state index in [2.05, 4.69) is 0 Å². The molecular weight excluding hydrogens is 646 g/mol. The van der Waals surface area contributed by atoms with E-state index < -0.39 is 35.9 Å². The molecule has 4 rings (SSSR count). The minimum atomic E-state index is -0.917. The summed E-state index contributed by atoms with van der Waals surface area (Å²) < 4.78 is 26.1. The molecule has 2 saturated heterocycles. The predicted octanol–water partition coefficient (Wildman–Crippen LogP) is 4.10. The number of imide groups is 1. The third-order valence-electron chi connectivity index (χ3n) is 6.51.